The lowest BCUT2D eigenvalue weighted by Gasteiger charge is -2.15. The van der Waals surface area contributed by atoms with Crippen LogP contribution in [-0.2, 0) is 29.4 Å². The number of thiazole rings is 1. The summed E-state index contributed by atoms with van der Waals surface area (Å²) in [5.74, 6) is 0.766. The maximum atomic E-state index is 12.1. The predicted molar refractivity (Wildman–Crippen MR) is 89.6 cm³/mol. The first-order valence-electron chi connectivity index (χ1n) is 8.16. The van der Waals surface area contributed by atoms with Gasteiger partial charge >= 0.3 is 0 Å². The Bertz CT molecular complexity index is 627. The molecule has 0 amide bonds. The molecule has 7 heteroatoms. The van der Waals surface area contributed by atoms with E-state index in [0.717, 1.165) is 43.3 Å². The Balaban J connectivity index is 1.61. The number of nitrogens with one attached hydrogen (secondary N) is 1. The molecule has 1 aromatic rings. The molecule has 3 rings (SSSR count). The quantitative estimate of drug-likeness (QED) is 0.885. The van der Waals surface area contributed by atoms with E-state index >= 15 is 0 Å². The van der Waals surface area contributed by atoms with Crippen molar-refractivity contribution < 1.29 is 8.42 Å². The molecule has 1 aliphatic carbocycles. The second-order valence-corrected chi connectivity index (χ2v) is 9.73. The van der Waals surface area contributed by atoms with E-state index in [1.807, 2.05) is 18.3 Å². The molecule has 2 atom stereocenters. The zero-order valence-corrected chi connectivity index (χ0v) is 15.0. The van der Waals surface area contributed by atoms with Crippen LogP contribution < -0.4 is 4.72 Å². The van der Waals surface area contributed by atoms with E-state index in [1.165, 1.54) is 17.0 Å². The molecular formula is C15H25N3O2S2. The van der Waals surface area contributed by atoms with Gasteiger partial charge in [0, 0.05) is 18.0 Å². The van der Waals surface area contributed by atoms with Gasteiger partial charge in [-0.1, -0.05) is 13.8 Å². The first-order valence-corrected chi connectivity index (χ1v) is 10.5. The van der Waals surface area contributed by atoms with Crippen molar-refractivity contribution in [1.29, 1.82) is 0 Å². The molecule has 0 spiro atoms. The Kier molecular flexibility index (Phi) is 4.87. The fraction of sp³-hybridized carbons (Fsp3) is 0.800. The van der Waals surface area contributed by atoms with Crippen LogP contribution in [0.5, 0.6) is 0 Å². The second kappa shape index (κ2) is 6.55. The molecule has 0 saturated carbocycles. The normalized spacial score (nSPS) is 26.3. The highest BCUT2D eigenvalue weighted by Crippen LogP contribution is 2.31. The summed E-state index contributed by atoms with van der Waals surface area (Å²) in [5, 5.41) is 0.877. The molecule has 0 aromatic carbocycles. The lowest BCUT2D eigenvalue weighted by atomic mass is 9.93. The van der Waals surface area contributed by atoms with Crippen molar-refractivity contribution in [3.05, 3.63) is 15.6 Å². The van der Waals surface area contributed by atoms with Crippen LogP contribution in [0, 0.1) is 5.92 Å². The summed E-state index contributed by atoms with van der Waals surface area (Å²) >= 11 is 1.83. The number of rotatable bonds is 5. The number of fused-ring (bicyclic) bond motifs is 1. The van der Waals surface area contributed by atoms with E-state index in [4.69, 9.17) is 4.98 Å². The summed E-state index contributed by atoms with van der Waals surface area (Å²) in [6.07, 6.45) is 4.22. The predicted octanol–water partition coefficient (Wildman–Crippen LogP) is 1.78. The molecule has 5 nitrogen and oxygen atoms in total. The molecule has 2 aliphatic rings. The Morgan fingerprint density at radius 1 is 1.41 bits per heavy atom. The van der Waals surface area contributed by atoms with Crippen molar-refractivity contribution in [2.75, 3.05) is 19.6 Å². The molecule has 2 unspecified atom stereocenters. The number of likely N-dealkylation sites (tertiary alicyclic amines) is 1. The molecule has 1 N–H and O–H groups in total. The van der Waals surface area contributed by atoms with Crippen LogP contribution in [0.15, 0.2) is 0 Å². The van der Waals surface area contributed by atoms with Crippen molar-refractivity contribution in [1.82, 2.24) is 14.6 Å². The van der Waals surface area contributed by atoms with Crippen molar-refractivity contribution in [3.63, 3.8) is 0 Å². The molecular weight excluding hydrogens is 318 g/mol. The third-order valence-electron chi connectivity index (χ3n) is 4.60. The van der Waals surface area contributed by atoms with Gasteiger partial charge in [-0.15, -0.1) is 11.3 Å². The van der Waals surface area contributed by atoms with Crippen LogP contribution >= 0.6 is 11.3 Å². The van der Waals surface area contributed by atoms with Gasteiger partial charge in [-0.2, -0.15) is 0 Å². The molecule has 1 aliphatic heterocycles. The van der Waals surface area contributed by atoms with Crippen LogP contribution in [0.4, 0.5) is 0 Å². The molecule has 0 bridgehead atoms. The van der Waals surface area contributed by atoms with Crippen LogP contribution in [-0.4, -0.2) is 43.2 Å². The smallest absolute Gasteiger partial charge is 0.215 e. The van der Waals surface area contributed by atoms with Crippen molar-refractivity contribution in [2.24, 2.45) is 5.92 Å². The van der Waals surface area contributed by atoms with Crippen molar-refractivity contribution in [2.45, 2.75) is 51.3 Å². The highest BCUT2D eigenvalue weighted by atomic mass is 32.2. The molecule has 22 heavy (non-hydrogen) atoms. The SMILES string of the molecule is CCNS(=O)(=O)C1CCN(Cc2nc3c(s2)CC(C)CC3)C1. The minimum atomic E-state index is -3.15. The average Bonchev–Trinajstić information content (AvgIpc) is 3.05. The molecule has 1 aromatic heterocycles. The first kappa shape index (κ1) is 16.4. The number of aromatic nitrogens is 1. The summed E-state index contributed by atoms with van der Waals surface area (Å²) in [4.78, 5) is 8.46. The standard InChI is InChI=1S/C15H25N3O2S2/c1-3-16-22(19,20)12-6-7-18(9-12)10-15-17-13-5-4-11(2)8-14(13)21-15/h11-12,16H,3-10H2,1-2H3. The average molecular weight is 344 g/mol. The van der Waals surface area contributed by atoms with Gasteiger partial charge in [0.25, 0.3) is 0 Å². The van der Waals surface area contributed by atoms with E-state index in [9.17, 15) is 8.42 Å². The monoisotopic (exact) mass is 343 g/mol. The van der Waals surface area contributed by atoms with Crippen LogP contribution in [0.25, 0.3) is 0 Å². The minimum absolute atomic E-state index is 0.276. The summed E-state index contributed by atoms with van der Waals surface area (Å²) < 4.78 is 26.8. The van der Waals surface area contributed by atoms with E-state index in [2.05, 4.69) is 16.5 Å². The first-order chi connectivity index (χ1) is 10.5. The van der Waals surface area contributed by atoms with Gasteiger partial charge in [-0.05, 0) is 38.1 Å². The molecule has 124 valence electrons. The number of hydrogen-bond acceptors (Lipinski definition) is 5. The molecule has 1 fully saturated rings. The van der Waals surface area contributed by atoms with Gasteiger partial charge < -0.3 is 0 Å². The number of aryl methyl sites for hydroxylation is 1. The van der Waals surface area contributed by atoms with Crippen molar-refractivity contribution in [3.8, 4) is 0 Å². The van der Waals surface area contributed by atoms with Gasteiger partial charge in [0.1, 0.15) is 5.01 Å². The topological polar surface area (TPSA) is 62.3 Å². The van der Waals surface area contributed by atoms with Crippen molar-refractivity contribution >= 4 is 21.4 Å². The third kappa shape index (κ3) is 3.53. The maximum Gasteiger partial charge on any atom is 0.215 e. The zero-order valence-electron chi connectivity index (χ0n) is 13.3. The Labute approximate surface area is 137 Å². The third-order valence-corrected chi connectivity index (χ3v) is 7.66. The van der Waals surface area contributed by atoms with Gasteiger partial charge in [0.05, 0.1) is 17.5 Å². The fourth-order valence-electron chi connectivity index (χ4n) is 3.37. The molecule has 1 saturated heterocycles. The lowest BCUT2D eigenvalue weighted by Crippen LogP contribution is -2.36. The van der Waals surface area contributed by atoms with Crippen LogP contribution in [0.1, 0.15) is 42.3 Å². The Hall–Kier alpha value is -0.500. The van der Waals surface area contributed by atoms with Gasteiger partial charge in [-0.25, -0.2) is 18.1 Å². The Morgan fingerprint density at radius 3 is 3.00 bits per heavy atom. The lowest BCUT2D eigenvalue weighted by molar-refractivity contribution is 0.330. The van der Waals surface area contributed by atoms with Gasteiger partial charge in [-0.3, -0.25) is 4.90 Å². The summed E-state index contributed by atoms with van der Waals surface area (Å²) in [6.45, 7) is 6.86. The summed E-state index contributed by atoms with van der Waals surface area (Å²) in [6, 6.07) is 0. The number of hydrogen-bond donors (Lipinski definition) is 1. The minimum Gasteiger partial charge on any atom is -0.295 e. The van der Waals surface area contributed by atoms with Crippen LogP contribution in [0.3, 0.4) is 0 Å². The van der Waals surface area contributed by atoms with E-state index in [-0.39, 0.29) is 5.25 Å². The Morgan fingerprint density at radius 2 is 2.23 bits per heavy atom. The highest BCUT2D eigenvalue weighted by Gasteiger charge is 2.33. The molecule has 0 radical (unpaired) electrons. The van der Waals surface area contributed by atoms with Gasteiger partial charge in [0.2, 0.25) is 10.0 Å². The number of sulfonamides is 1. The second-order valence-electron chi connectivity index (χ2n) is 6.51. The fourth-order valence-corrected chi connectivity index (χ4v) is 6.15. The summed E-state index contributed by atoms with van der Waals surface area (Å²) in [7, 11) is -3.15. The largest absolute Gasteiger partial charge is 0.295 e. The van der Waals surface area contributed by atoms with Crippen LogP contribution in [0.2, 0.25) is 0 Å². The maximum absolute atomic E-state index is 12.1. The van der Waals surface area contributed by atoms with E-state index in [0.29, 0.717) is 13.1 Å². The zero-order chi connectivity index (χ0) is 15.7. The molecule has 2 heterocycles. The van der Waals surface area contributed by atoms with E-state index in [1.54, 1.807) is 0 Å². The van der Waals surface area contributed by atoms with Gasteiger partial charge in [0.15, 0.2) is 0 Å². The summed E-state index contributed by atoms with van der Waals surface area (Å²) in [5.41, 5.74) is 1.29. The van der Waals surface area contributed by atoms with E-state index < -0.39 is 10.0 Å². The number of nitrogens with zero attached hydrogens (tertiary/aromatic N) is 2. The highest BCUT2D eigenvalue weighted by molar-refractivity contribution is 7.90.